The van der Waals surface area contributed by atoms with Crippen molar-refractivity contribution in [1.82, 2.24) is 15.6 Å². The summed E-state index contributed by atoms with van der Waals surface area (Å²) in [6.45, 7) is 0. The van der Waals surface area contributed by atoms with Crippen molar-refractivity contribution in [3.63, 3.8) is 0 Å². The monoisotopic (exact) mass is 488 g/mol. The normalized spacial score (nSPS) is 18.0. The second kappa shape index (κ2) is 10.2. The predicted molar refractivity (Wildman–Crippen MR) is 128 cm³/mol. The summed E-state index contributed by atoms with van der Waals surface area (Å²) in [5, 5.41) is 10.0. The number of benzene rings is 1. The summed E-state index contributed by atoms with van der Waals surface area (Å²) in [5.41, 5.74) is 1.46. The summed E-state index contributed by atoms with van der Waals surface area (Å²) >= 11 is 25.3. The minimum atomic E-state index is -1.81. The van der Waals surface area contributed by atoms with Gasteiger partial charge >= 0.3 is 0 Å². The molecule has 3 rings (SSSR count). The molecule has 2 atom stereocenters. The average molecular weight is 490 g/mol. The molecule has 1 aliphatic heterocycles. The Hall–Kier alpha value is -1.25. The van der Waals surface area contributed by atoms with Gasteiger partial charge in [0.15, 0.2) is 5.11 Å². The van der Waals surface area contributed by atoms with Crippen molar-refractivity contribution in [3.05, 3.63) is 48.7 Å². The number of hydrogen-bond acceptors (Lipinski definition) is 4. The maximum Gasteiger partial charge on any atom is 0.245 e. The molecule has 1 fully saturated rings. The number of hydrogen-bond donors (Lipinski definition) is 3. The van der Waals surface area contributed by atoms with E-state index in [4.69, 9.17) is 47.0 Å². The smallest absolute Gasteiger partial charge is 0.245 e. The first-order chi connectivity index (χ1) is 13.8. The molecular formula is C19H19Cl3N4OS2. The van der Waals surface area contributed by atoms with E-state index in [2.05, 4.69) is 20.9 Å². The molecule has 0 aliphatic carbocycles. The zero-order valence-corrected chi connectivity index (χ0v) is 19.1. The zero-order valence-electron chi connectivity index (χ0n) is 15.2. The van der Waals surface area contributed by atoms with Crippen LogP contribution >= 0.6 is 58.8 Å². The molecule has 0 radical (unpaired) electrons. The number of anilines is 1. The Bertz CT molecular complexity index is 908. The number of pyridine rings is 1. The number of thioether (sulfide) groups is 1. The third kappa shape index (κ3) is 6.62. The number of fused-ring (bicyclic) bond motifs is 1. The zero-order chi connectivity index (χ0) is 20.9. The molecule has 2 heterocycles. The highest BCUT2D eigenvalue weighted by atomic mass is 35.6. The van der Waals surface area contributed by atoms with Crippen LogP contribution in [0.25, 0.3) is 10.9 Å². The van der Waals surface area contributed by atoms with Gasteiger partial charge in [-0.2, -0.15) is 11.8 Å². The lowest BCUT2D eigenvalue weighted by Gasteiger charge is -2.27. The quantitative estimate of drug-likeness (QED) is 0.243. The maximum absolute atomic E-state index is 12.3. The number of carbonyl (C=O) groups excluding carboxylic acids is 1. The lowest BCUT2D eigenvalue weighted by Crippen LogP contribution is -2.55. The molecule has 2 aromatic rings. The van der Waals surface area contributed by atoms with E-state index in [1.165, 1.54) is 6.08 Å². The lowest BCUT2D eigenvalue weighted by molar-refractivity contribution is -0.117. The van der Waals surface area contributed by atoms with Gasteiger partial charge in [-0.15, -0.1) is 0 Å². The van der Waals surface area contributed by atoms with Crippen molar-refractivity contribution in [2.75, 3.05) is 11.1 Å². The van der Waals surface area contributed by atoms with Crippen molar-refractivity contribution < 1.29 is 4.79 Å². The SMILES string of the molecule is O=C(/C=C/C1CCCS1)NC(NC(=S)Nc1cccc2cccnc12)C(Cl)(Cl)Cl. The molecule has 0 spiro atoms. The standard InChI is InChI=1S/C19H19Cl3N4OS2/c20-19(21,22)17(25-15(27)9-8-13-6-3-11-29-13)26-18(28)24-14-7-1-4-12-5-2-10-23-16(12)14/h1-2,4-5,7-10,13,17H,3,6,11H2,(H,25,27)(H2,24,26,28)/b9-8+. The Kier molecular flexibility index (Phi) is 7.87. The molecule has 2 unspecified atom stereocenters. The van der Waals surface area contributed by atoms with E-state index >= 15 is 0 Å². The Labute approximate surface area is 193 Å². The van der Waals surface area contributed by atoms with Crippen LogP contribution in [-0.2, 0) is 4.79 Å². The first-order valence-corrected chi connectivity index (χ1v) is 11.5. The first-order valence-electron chi connectivity index (χ1n) is 8.91. The molecule has 10 heteroatoms. The van der Waals surface area contributed by atoms with Crippen molar-refractivity contribution in [1.29, 1.82) is 0 Å². The summed E-state index contributed by atoms with van der Waals surface area (Å²) in [4.78, 5) is 16.6. The minimum Gasteiger partial charge on any atom is -0.339 e. The van der Waals surface area contributed by atoms with Crippen molar-refractivity contribution in [2.45, 2.75) is 28.0 Å². The van der Waals surface area contributed by atoms with Crippen LogP contribution in [0.3, 0.4) is 0 Å². The third-order valence-electron chi connectivity index (χ3n) is 4.20. The van der Waals surface area contributed by atoms with E-state index in [1.807, 2.05) is 48.2 Å². The molecule has 0 bridgehead atoms. The number of para-hydroxylation sites is 1. The van der Waals surface area contributed by atoms with E-state index in [9.17, 15) is 4.79 Å². The van der Waals surface area contributed by atoms with Crippen LogP contribution in [-0.4, -0.2) is 37.0 Å². The minimum absolute atomic E-state index is 0.190. The number of rotatable bonds is 5. The number of amides is 1. The molecule has 3 N–H and O–H groups in total. The summed E-state index contributed by atoms with van der Waals surface area (Å²) < 4.78 is -1.81. The maximum atomic E-state index is 12.3. The number of alkyl halides is 3. The summed E-state index contributed by atoms with van der Waals surface area (Å²) in [6, 6.07) is 9.48. The summed E-state index contributed by atoms with van der Waals surface area (Å²) in [6.07, 6.45) is 6.24. The van der Waals surface area contributed by atoms with Crippen molar-refractivity contribution >= 4 is 86.4 Å². The van der Waals surface area contributed by atoms with Gasteiger partial charge in [-0.1, -0.05) is 59.1 Å². The van der Waals surface area contributed by atoms with E-state index in [1.54, 1.807) is 6.20 Å². The number of halogens is 3. The number of nitrogens with zero attached hydrogens (tertiary/aromatic N) is 1. The predicted octanol–water partition coefficient (Wildman–Crippen LogP) is 4.79. The fourth-order valence-electron chi connectivity index (χ4n) is 2.83. The van der Waals surface area contributed by atoms with Crippen LogP contribution in [0.2, 0.25) is 0 Å². The van der Waals surface area contributed by atoms with Gasteiger partial charge in [-0.05, 0) is 42.9 Å². The van der Waals surface area contributed by atoms with Gasteiger partial charge in [0.05, 0.1) is 11.2 Å². The molecule has 5 nitrogen and oxygen atoms in total. The van der Waals surface area contributed by atoms with Crippen LogP contribution in [0.4, 0.5) is 5.69 Å². The molecule has 1 aromatic carbocycles. The van der Waals surface area contributed by atoms with E-state index in [0.29, 0.717) is 10.9 Å². The van der Waals surface area contributed by atoms with E-state index < -0.39 is 9.96 Å². The van der Waals surface area contributed by atoms with Crippen molar-refractivity contribution in [2.24, 2.45) is 0 Å². The van der Waals surface area contributed by atoms with Gasteiger partial charge in [0.2, 0.25) is 9.70 Å². The third-order valence-corrected chi connectivity index (χ3v) is 6.42. The second-order valence-electron chi connectivity index (χ2n) is 6.37. The molecule has 0 saturated carbocycles. The molecule has 154 valence electrons. The number of carbonyl (C=O) groups is 1. The van der Waals surface area contributed by atoms with E-state index in [0.717, 1.165) is 29.5 Å². The first kappa shape index (κ1) is 22.4. The Morgan fingerprint density at radius 2 is 2.07 bits per heavy atom. The average Bonchev–Trinajstić information content (AvgIpc) is 3.19. The van der Waals surface area contributed by atoms with Crippen molar-refractivity contribution in [3.8, 4) is 0 Å². The Balaban J connectivity index is 1.64. The molecule has 1 aliphatic rings. The number of aromatic nitrogens is 1. The number of nitrogens with one attached hydrogen (secondary N) is 3. The van der Waals surface area contributed by atoms with Crippen LogP contribution in [0, 0.1) is 0 Å². The van der Waals surface area contributed by atoms with Crippen LogP contribution in [0.15, 0.2) is 48.7 Å². The molecule has 1 amide bonds. The van der Waals surface area contributed by atoms with Gasteiger partial charge in [-0.3, -0.25) is 9.78 Å². The number of thiocarbonyl (C=S) groups is 1. The fourth-order valence-corrected chi connectivity index (χ4v) is 4.55. The highest BCUT2D eigenvalue weighted by Crippen LogP contribution is 2.30. The molecular weight excluding hydrogens is 471 g/mol. The van der Waals surface area contributed by atoms with Crippen LogP contribution in [0.5, 0.6) is 0 Å². The van der Waals surface area contributed by atoms with Gasteiger partial charge < -0.3 is 16.0 Å². The molecule has 1 aromatic heterocycles. The Morgan fingerprint density at radius 3 is 2.79 bits per heavy atom. The largest absolute Gasteiger partial charge is 0.339 e. The molecule has 29 heavy (non-hydrogen) atoms. The Morgan fingerprint density at radius 1 is 1.28 bits per heavy atom. The highest BCUT2D eigenvalue weighted by Gasteiger charge is 2.34. The second-order valence-corrected chi connectivity index (χ2v) is 10.5. The summed E-state index contributed by atoms with van der Waals surface area (Å²) in [5.74, 6) is 0.744. The fraction of sp³-hybridized carbons (Fsp3) is 0.316. The van der Waals surface area contributed by atoms with Crippen LogP contribution in [0.1, 0.15) is 12.8 Å². The van der Waals surface area contributed by atoms with Gasteiger partial charge in [-0.25, -0.2) is 0 Å². The van der Waals surface area contributed by atoms with E-state index in [-0.39, 0.29) is 11.0 Å². The topological polar surface area (TPSA) is 66.1 Å². The lowest BCUT2D eigenvalue weighted by atomic mass is 10.2. The summed E-state index contributed by atoms with van der Waals surface area (Å²) in [7, 11) is 0. The van der Waals surface area contributed by atoms with Gasteiger partial charge in [0, 0.05) is 22.9 Å². The van der Waals surface area contributed by atoms with Crippen LogP contribution < -0.4 is 16.0 Å². The van der Waals surface area contributed by atoms with Gasteiger partial charge in [0.25, 0.3) is 0 Å². The highest BCUT2D eigenvalue weighted by molar-refractivity contribution is 8.00. The molecule has 1 saturated heterocycles. The van der Waals surface area contributed by atoms with Gasteiger partial charge in [0.1, 0.15) is 6.17 Å².